The van der Waals surface area contributed by atoms with Gasteiger partial charge in [0, 0.05) is 18.2 Å². The van der Waals surface area contributed by atoms with Crippen molar-refractivity contribution in [1.82, 2.24) is 9.97 Å². The van der Waals surface area contributed by atoms with E-state index >= 15 is 0 Å². The molecule has 5 rings (SSSR count). The average molecular weight is 434 g/mol. The third kappa shape index (κ3) is 4.83. The minimum atomic E-state index is -0.153. The molecule has 0 amide bonds. The molecular formula is C28H22N2O3. The number of aromatic nitrogens is 2. The number of Topliss-reactive ketones (excluding diaryl/α,β-unsaturated/α-hetero) is 1. The summed E-state index contributed by atoms with van der Waals surface area (Å²) in [5.74, 6) is 1.45. The molecule has 0 radical (unpaired) electrons. The fraction of sp³-hybridized carbons (Fsp3) is 0.107. The molecule has 5 aromatic rings. The lowest BCUT2D eigenvalue weighted by Crippen LogP contribution is -2.01. The van der Waals surface area contributed by atoms with E-state index in [9.17, 15) is 4.79 Å². The summed E-state index contributed by atoms with van der Waals surface area (Å²) in [5.41, 5.74) is 5.11. The minimum absolute atomic E-state index is 0.0928. The number of aryl methyl sites for hydroxylation is 2. The molecule has 0 unspecified atom stereocenters. The van der Waals surface area contributed by atoms with Gasteiger partial charge in [0.2, 0.25) is 5.78 Å². The molecule has 2 heterocycles. The van der Waals surface area contributed by atoms with Crippen molar-refractivity contribution >= 4 is 17.0 Å². The highest BCUT2D eigenvalue weighted by Gasteiger charge is 2.16. The predicted molar refractivity (Wildman–Crippen MR) is 128 cm³/mol. The van der Waals surface area contributed by atoms with Crippen molar-refractivity contribution in [2.24, 2.45) is 0 Å². The molecular weight excluding hydrogens is 412 g/mol. The molecule has 162 valence electrons. The zero-order chi connectivity index (χ0) is 22.6. The number of para-hydroxylation sites is 1. The van der Waals surface area contributed by atoms with Gasteiger partial charge in [0.1, 0.15) is 11.5 Å². The zero-order valence-corrected chi connectivity index (χ0v) is 18.2. The van der Waals surface area contributed by atoms with Gasteiger partial charge in [-0.15, -0.1) is 0 Å². The first-order chi connectivity index (χ1) is 16.1. The van der Waals surface area contributed by atoms with Gasteiger partial charge in [-0.1, -0.05) is 60.2 Å². The Balaban J connectivity index is 1.27. The third-order valence-electron chi connectivity index (χ3n) is 5.39. The maximum Gasteiger partial charge on any atom is 0.265 e. The van der Waals surface area contributed by atoms with Crippen LogP contribution >= 0.6 is 0 Å². The molecule has 0 fully saturated rings. The number of fused-ring (bicyclic) bond motifs is 1. The van der Waals surface area contributed by atoms with Crippen LogP contribution in [0.25, 0.3) is 22.4 Å². The van der Waals surface area contributed by atoms with Crippen LogP contribution in [0.15, 0.2) is 95.5 Å². The molecule has 0 aliphatic carbocycles. The Kier molecular flexibility index (Phi) is 5.68. The van der Waals surface area contributed by atoms with E-state index in [1.807, 2.05) is 79.7 Å². The summed E-state index contributed by atoms with van der Waals surface area (Å²) in [6.45, 7) is 2.05. The van der Waals surface area contributed by atoms with Gasteiger partial charge in [0.05, 0.1) is 0 Å². The van der Waals surface area contributed by atoms with Crippen molar-refractivity contribution in [2.45, 2.75) is 19.8 Å². The van der Waals surface area contributed by atoms with E-state index in [0.717, 1.165) is 28.2 Å². The van der Waals surface area contributed by atoms with E-state index in [4.69, 9.17) is 9.15 Å². The van der Waals surface area contributed by atoms with Crippen LogP contribution in [0.2, 0.25) is 0 Å². The molecule has 2 aromatic heterocycles. The Bertz CT molecular complexity index is 1410. The van der Waals surface area contributed by atoms with E-state index in [2.05, 4.69) is 22.1 Å². The highest BCUT2D eigenvalue weighted by Crippen LogP contribution is 2.25. The molecule has 0 saturated carbocycles. The molecule has 0 atom stereocenters. The van der Waals surface area contributed by atoms with E-state index in [0.29, 0.717) is 17.7 Å². The fourth-order valence-electron chi connectivity index (χ4n) is 3.60. The van der Waals surface area contributed by atoms with Crippen molar-refractivity contribution in [3.05, 3.63) is 108 Å². The van der Waals surface area contributed by atoms with E-state index in [-0.39, 0.29) is 18.1 Å². The number of carbonyl (C=O) groups excluding carboxylic acids is 1. The number of hydrogen-bond donors (Lipinski definition) is 0. The quantitative estimate of drug-likeness (QED) is 0.263. The van der Waals surface area contributed by atoms with Gasteiger partial charge in [0.25, 0.3) is 5.89 Å². The molecule has 33 heavy (non-hydrogen) atoms. The lowest BCUT2D eigenvalue weighted by atomic mass is 10.1. The van der Waals surface area contributed by atoms with Crippen LogP contribution in [-0.2, 0) is 6.42 Å². The van der Waals surface area contributed by atoms with Crippen molar-refractivity contribution in [2.75, 3.05) is 0 Å². The highest BCUT2D eigenvalue weighted by atomic mass is 16.5. The summed E-state index contributed by atoms with van der Waals surface area (Å²) in [7, 11) is 0. The van der Waals surface area contributed by atoms with Crippen LogP contribution in [0.1, 0.15) is 28.2 Å². The summed E-state index contributed by atoms with van der Waals surface area (Å²) in [5, 5.41) is 0. The molecule has 5 heteroatoms. The number of ether oxygens (including phenoxy) is 1. The lowest BCUT2D eigenvalue weighted by Gasteiger charge is -2.07. The number of oxazole rings is 1. The molecule has 0 N–H and O–H groups in total. The van der Waals surface area contributed by atoms with Crippen LogP contribution < -0.4 is 4.74 Å². The maximum absolute atomic E-state index is 12.7. The molecule has 0 bridgehead atoms. The Morgan fingerprint density at radius 2 is 1.67 bits per heavy atom. The van der Waals surface area contributed by atoms with Crippen molar-refractivity contribution in [3.63, 3.8) is 0 Å². The lowest BCUT2D eigenvalue weighted by molar-refractivity contribution is 0.0951. The molecule has 5 nitrogen and oxygen atoms in total. The number of ketones is 1. The van der Waals surface area contributed by atoms with Gasteiger partial charge in [-0.2, -0.15) is 4.98 Å². The molecule has 0 saturated heterocycles. The van der Waals surface area contributed by atoms with Crippen LogP contribution in [0.5, 0.6) is 11.5 Å². The number of hydrogen-bond acceptors (Lipinski definition) is 5. The maximum atomic E-state index is 12.7. The summed E-state index contributed by atoms with van der Waals surface area (Å²) in [6.07, 6.45) is 2.60. The van der Waals surface area contributed by atoms with Gasteiger partial charge < -0.3 is 9.15 Å². The van der Waals surface area contributed by atoms with Crippen LogP contribution in [0, 0.1) is 6.92 Å². The SMILES string of the molecule is Cc1ccc(-c2cnc3nc(C(=O)CCc4cccc(Oc5ccccc5)c4)oc3c2)cc1. The summed E-state index contributed by atoms with van der Waals surface area (Å²) in [6, 6.07) is 27.4. The van der Waals surface area contributed by atoms with Crippen molar-refractivity contribution in [3.8, 4) is 22.6 Å². The number of carbonyl (C=O) groups is 1. The summed E-state index contributed by atoms with van der Waals surface area (Å²) in [4.78, 5) is 21.4. The Hall–Kier alpha value is -4.25. The van der Waals surface area contributed by atoms with E-state index < -0.39 is 0 Å². The smallest absolute Gasteiger partial charge is 0.265 e. The fourth-order valence-corrected chi connectivity index (χ4v) is 3.60. The van der Waals surface area contributed by atoms with Crippen LogP contribution in [-0.4, -0.2) is 15.8 Å². The normalized spacial score (nSPS) is 10.9. The number of nitrogens with zero attached hydrogens (tertiary/aromatic N) is 2. The Morgan fingerprint density at radius 1 is 0.879 bits per heavy atom. The second-order valence-electron chi connectivity index (χ2n) is 7.92. The van der Waals surface area contributed by atoms with Crippen LogP contribution in [0.3, 0.4) is 0 Å². The Labute approximate surface area is 191 Å². The standard InChI is InChI=1S/C28H22N2O3/c1-19-10-13-21(14-11-19)22-17-26-27(29-18-22)30-28(33-26)25(31)15-12-20-6-5-9-24(16-20)32-23-7-3-2-4-8-23/h2-11,13-14,16-18H,12,15H2,1H3. The predicted octanol–water partition coefficient (Wildman–Crippen LogP) is 6.81. The van der Waals surface area contributed by atoms with Crippen molar-refractivity contribution < 1.29 is 13.9 Å². The number of pyridine rings is 1. The molecule has 0 aliphatic heterocycles. The topological polar surface area (TPSA) is 65.2 Å². The monoisotopic (exact) mass is 434 g/mol. The molecule has 0 spiro atoms. The first-order valence-corrected chi connectivity index (χ1v) is 10.8. The second-order valence-corrected chi connectivity index (χ2v) is 7.92. The van der Waals surface area contributed by atoms with Gasteiger partial charge in [0.15, 0.2) is 11.2 Å². The minimum Gasteiger partial charge on any atom is -0.457 e. The van der Waals surface area contributed by atoms with Crippen molar-refractivity contribution in [1.29, 1.82) is 0 Å². The summed E-state index contributed by atoms with van der Waals surface area (Å²) < 4.78 is 11.6. The zero-order valence-electron chi connectivity index (χ0n) is 18.2. The van der Waals surface area contributed by atoms with E-state index in [1.54, 1.807) is 6.20 Å². The molecule has 3 aromatic carbocycles. The number of rotatable bonds is 7. The first-order valence-electron chi connectivity index (χ1n) is 10.8. The third-order valence-corrected chi connectivity index (χ3v) is 5.39. The van der Waals surface area contributed by atoms with Gasteiger partial charge in [-0.25, -0.2) is 4.98 Å². The van der Waals surface area contributed by atoms with Gasteiger partial charge in [-0.3, -0.25) is 4.79 Å². The molecule has 0 aliphatic rings. The number of benzene rings is 3. The first kappa shape index (κ1) is 20.6. The van der Waals surface area contributed by atoms with Gasteiger partial charge >= 0.3 is 0 Å². The largest absolute Gasteiger partial charge is 0.457 e. The second kappa shape index (κ2) is 9.09. The average Bonchev–Trinajstić information content (AvgIpc) is 3.28. The van der Waals surface area contributed by atoms with Crippen LogP contribution in [0.4, 0.5) is 0 Å². The summed E-state index contributed by atoms with van der Waals surface area (Å²) >= 11 is 0. The van der Waals surface area contributed by atoms with E-state index in [1.165, 1.54) is 5.56 Å². The van der Waals surface area contributed by atoms with Gasteiger partial charge in [-0.05, 0) is 54.8 Å². The Morgan fingerprint density at radius 3 is 2.48 bits per heavy atom. The highest BCUT2D eigenvalue weighted by molar-refractivity contribution is 5.94.